The number of piperidine rings is 1. The minimum atomic E-state index is -3.40. The van der Waals surface area contributed by atoms with Gasteiger partial charge in [0.25, 0.3) is 0 Å². The normalized spacial score (nSPS) is 17.5. The molecule has 1 heterocycles. The van der Waals surface area contributed by atoms with Gasteiger partial charge >= 0.3 is 0 Å². The fraction of sp³-hybridized carbons (Fsp3) is 0.562. The summed E-state index contributed by atoms with van der Waals surface area (Å²) in [7, 11) is -0.333. The van der Waals surface area contributed by atoms with E-state index in [1.807, 2.05) is 6.07 Å². The summed E-state index contributed by atoms with van der Waals surface area (Å²) < 4.78 is 25.6. The molecule has 1 aliphatic rings. The average molecular weight is 339 g/mol. The monoisotopic (exact) mass is 339 g/mol. The molecule has 1 aromatic rings. The van der Waals surface area contributed by atoms with Crippen molar-refractivity contribution in [1.82, 2.24) is 9.21 Å². The van der Waals surface area contributed by atoms with Crippen LogP contribution in [0, 0.1) is 5.92 Å². The minimum Gasteiger partial charge on any atom is -0.370 e. The summed E-state index contributed by atoms with van der Waals surface area (Å²) in [5, 5.41) is 0. The highest BCUT2D eigenvalue weighted by molar-refractivity contribution is 7.89. The van der Waals surface area contributed by atoms with Crippen molar-refractivity contribution in [2.75, 3.05) is 27.2 Å². The molecule has 0 unspecified atom stereocenters. The molecule has 0 spiro atoms. The van der Waals surface area contributed by atoms with Gasteiger partial charge in [-0.2, -0.15) is 0 Å². The lowest BCUT2D eigenvalue weighted by atomic mass is 9.93. The fourth-order valence-corrected chi connectivity index (χ4v) is 3.88. The molecule has 1 saturated heterocycles. The molecule has 0 aliphatic carbocycles. The van der Waals surface area contributed by atoms with E-state index >= 15 is 0 Å². The van der Waals surface area contributed by atoms with Gasteiger partial charge in [0.2, 0.25) is 15.9 Å². The van der Waals surface area contributed by atoms with Crippen molar-refractivity contribution in [1.29, 1.82) is 0 Å². The van der Waals surface area contributed by atoms with Crippen molar-refractivity contribution < 1.29 is 13.2 Å². The number of rotatable bonds is 6. The Labute approximate surface area is 138 Å². The van der Waals surface area contributed by atoms with Crippen LogP contribution in [-0.2, 0) is 21.4 Å². The highest BCUT2D eigenvalue weighted by Gasteiger charge is 2.22. The summed E-state index contributed by atoms with van der Waals surface area (Å²) in [6.45, 7) is 2.53. The quantitative estimate of drug-likeness (QED) is 0.839. The molecule has 1 aliphatic heterocycles. The van der Waals surface area contributed by atoms with Gasteiger partial charge in [-0.05, 0) is 49.5 Å². The van der Waals surface area contributed by atoms with E-state index in [-0.39, 0.29) is 5.91 Å². The topological polar surface area (TPSA) is 83.7 Å². The first-order valence-corrected chi connectivity index (χ1v) is 9.25. The Balaban J connectivity index is 1.98. The standard InChI is InChI=1S/C16H25N3O3S/c1-18(2)23(21,22)15-5-3-4-14(10-15)12-19-8-6-13(7-9-19)11-16(17)20/h3-5,10,13H,6-9,11-12H2,1-2H3,(H2,17,20). The van der Waals surface area contributed by atoms with Gasteiger partial charge in [0, 0.05) is 27.1 Å². The maximum absolute atomic E-state index is 12.2. The lowest BCUT2D eigenvalue weighted by Gasteiger charge is -2.31. The largest absolute Gasteiger partial charge is 0.370 e. The number of amides is 1. The van der Waals surface area contributed by atoms with Crippen molar-refractivity contribution in [3.63, 3.8) is 0 Å². The van der Waals surface area contributed by atoms with E-state index in [9.17, 15) is 13.2 Å². The molecule has 0 saturated carbocycles. The SMILES string of the molecule is CN(C)S(=O)(=O)c1cccc(CN2CCC(CC(N)=O)CC2)c1. The summed E-state index contributed by atoms with van der Waals surface area (Å²) >= 11 is 0. The Morgan fingerprint density at radius 3 is 2.52 bits per heavy atom. The van der Waals surface area contributed by atoms with E-state index in [1.54, 1.807) is 18.2 Å². The molecular weight excluding hydrogens is 314 g/mol. The van der Waals surface area contributed by atoms with Gasteiger partial charge in [0.15, 0.2) is 0 Å². The second kappa shape index (κ2) is 7.42. The molecule has 1 fully saturated rings. The van der Waals surface area contributed by atoms with E-state index in [0.29, 0.717) is 17.2 Å². The third-order valence-corrected chi connectivity index (χ3v) is 6.09. The maximum Gasteiger partial charge on any atom is 0.242 e. The molecule has 23 heavy (non-hydrogen) atoms. The van der Waals surface area contributed by atoms with Gasteiger partial charge in [-0.25, -0.2) is 12.7 Å². The van der Waals surface area contributed by atoms with Crippen LogP contribution < -0.4 is 5.73 Å². The van der Waals surface area contributed by atoms with Crippen LogP contribution in [-0.4, -0.2) is 50.7 Å². The molecule has 0 atom stereocenters. The Morgan fingerprint density at radius 2 is 1.96 bits per heavy atom. The Kier molecular flexibility index (Phi) is 5.78. The van der Waals surface area contributed by atoms with E-state index in [4.69, 9.17) is 5.73 Å². The number of carbonyl (C=O) groups excluding carboxylic acids is 1. The number of sulfonamides is 1. The van der Waals surface area contributed by atoms with Crippen molar-refractivity contribution in [2.45, 2.75) is 30.7 Å². The molecule has 0 radical (unpaired) electrons. The number of hydrogen-bond donors (Lipinski definition) is 1. The van der Waals surface area contributed by atoms with Crippen LogP contribution >= 0.6 is 0 Å². The zero-order chi connectivity index (χ0) is 17.0. The van der Waals surface area contributed by atoms with Gasteiger partial charge in [0.05, 0.1) is 4.90 Å². The average Bonchev–Trinajstić information content (AvgIpc) is 2.49. The number of benzene rings is 1. The summed E-state index contributed by atoms with van der Waals surface area (Å²) in [6.07, 6.45) is 2.38. The summed E-state index contributed by atoms with van der Waals surface area (Å²) in [5.74, 6) is 0.147. The first kappa shape index (κ1) is 17.9. The van der Waals surface area contributed by atoms with Crippen LogP contribution in [0.5, 0.6) is 0 Å². The number of nitrogens with two attached hydrogens (primary N) is 1. The van der Waals surface area contributed by atoms with Gasteiger partial charge in [0.1, 0.15) is 0 Å². The highest BCUT2D eigenvalue weighted by atomic mass is 32.2. The van der Waals surface area contributed by atoms with Gasteiger partial charge < -0.3 is 5.73 Å². The lowest BCUT2D eigenvalue weighted by molar-refractivity contribution is -0.119. The van der Waals surface area contributed by atoms with Crippen LogP contribution in [0.4, 0.5) is 0 Å². The third kappa shape index (κ3) is 4.76. The highest BCUT2D eigenvalue weighted by Crippen LogP contribution is 2.22. The van der Waals surface area contributed by atoms with E-state index in [1.165, 1.54) is 18.4 Å². The molecule has 2 rings (SSSR count). The summed E-state index contributed by atoms with van der Waals surface area (Å²) in [6, 6.07) is 7.10. The smallest absolute Gasteiger partial charge is 0.242 e. The Bertz CT molecular complexity index is 650. The minimum absolute atomic E-state index is 0.231. The molecule has 2 N–H and O–H groups in total. The predicted octanol–water partition coefficient (Wildman–Crippen LogP) is 1.02. The van der Waals surface area contributed by atoms with Crippen molar-refractivity contribution in [2.24, 2.45) is 11.7 Å². The van der Waals surface area contributed by atoms with Crippen LogP contribution in [0.15, 0.2) is 29.2 Å². The van der Waals surface area contributed by atoms with Crippen LogP contribution in [0.25, 0.3) is 0 Å². The number of likely N-dealkylation sites (tertiary alicyclic amines) is 1. The van der Waals surface area contributed by atoms with Crippen molar-refractivity contribution >= 4 is 15.9 Å². The Hall–Kier alpha value is -1.44. The van der Waals surface area contributed by atoms with E-state index in [0.717, 1.165) is 38.0 Å². The fourth-order valence-electron chi connectivity index (χ4n) is 2.91. The summed E-state index contributed by atoms with van der Waals surface area (Å²) in [4.78, 5) is 13.6. The molecule has 0 bridgehead atoms. The number of hydrogen-bond acceptors (Lipinski definition) is 4. The zero-order valence-corrected chi connectivity index (χ0v) is 14.6. The molecular formula is C16H25N3O3S. The molecule has 0 aromatic heterocycles. The molecule has 1 aromatic carbocycles. The first-order chi connectivity index (χ1) is 10.8. The second-order valence-corrected chi connectivity index (χ2v) is 8.48. The number of carbonyl (C=O) groups is 1. The molecule has 1 amide bonds. The maximum atomic E-state index is 12.2. The van der Waals surface area contributed by atoms with Crippen LogP contribution in [0.1, 0.15) is 24.8 Å². The van der Waals surface area contributed by atoms with E-state index < -0.39 is 10.0 Å². The van der Waals surface area contributed by atoms with Gasteiger partial charge in [-0.1, -0.05) is 12.1 Å². The molecule has 128 valence electrons. The first-order valence-electron chi connectivity index (χ1n) is 7.81. The second-order valence-electron chi connectivity index (χ2n) is 6.32. The zero-order valence-electron chi connectivity index (χ0n) is 13.7. The van der Waals surface area contributed by atoms with E-state index in [2.05, 4.69) is 4.90 Å². The van der Waals surface area contributed by atoms with Crippen LogP contribution in [0.3, 0.4) is 0 Å². The third-order valence-electron chi connectivity index (χ3n) is 4.28. The molecule has 6 nitrogen and oxygen atoms in total. The Morgan fingerprint density at radius 1 is 1.30 bits per heavy atom. The van der Waals surface area contributed by atoms with Crippen LogP contribution in [0.2, 0.25) is 0 Å². The van der Waals surface area contributed by atoms with Gasteiger partial charge in [-0.15, -0.1) is 0 Å². The van der Waals surface area contributed by atoms with Crippen molar-refractivity contribution in [3.8, 4) is 0 Å². The molecule has 7 heteroatoms. The van der Waals surface area contributed by atoms with Gasteiger partial charge in [-0.3, -0.25) is 9.69 Å². The number of nitrogens with zero attached hydrogens (tertiary/aromatic N) is 2. The van der Waals surface area contributed by atoms with Crippen molar-refractivity contribution in [3.05, 3.63) is 29.8 Å². The predicted molar refractivity (Wildman–Crippen MR) is 89.1 cm³/mol. The number of primary amides is 1. The lowest BCUT2D eigenvalue weighted by Crippen LogP contribution is -2.34. The summed E-state index contributed by atoms with van der Waals surface area (Å²) in [5.41, 5.74) is 6.24.